The molecule has 1 fully saturated rings. The molecular weight excluding hydrogens is 390 g/mol. The predicted octanol–water partition coefficient (Wildman–Crippen LogP) is 3.77. The number of piperidine rings is 1. The predicted molar refractivity (Wildman–Crippen MR) is 124 cm³/mol. The van der Waals surface area contributed by atoms with Crippen LogP contribution in [0, 0.1) is 11.3 Å². The van der Waals surface area contributed by atoms with E-state index in [0.29, 0.717) is 35.1 Å². The van der Waals surface area contributed by atoms with Crippen LogP contribution in [-0.4, -0.2) is 42.0 Å². The molecule has 0 saturated carbocycles. The SMILES string of the molecule is C=NC(=N/C=C(\C)CCN)c1ccc(C#N)cc1Oc1cc(N2CCCCC2)nn1C. The van der Waals surface area contributed by atoms with Gasteiger partial charge < -0.3 is 15.4 Å². The number of aliphatic imine (C=N–C) groups is 2. The van der Waals surface area contributed by atoms with Gasteiger partial charge in [-0.2, -0.15) is 10.4 Å². The van der Waals surface area contributed by atoms with E-state index < -0.39 is 0 Å². The van der Waals surface area contributed by atoms with Crippen molar-refractivity contribution < 1.29 is 4.74 Å². The summed E-state index contributed by atoms with van der Waals surface area (Å²) in [5.74, 6) is 2.36. The van der Waals surface area contributed by atoms with E-state index in [1.165, 1.54) is 19.3 Å². The van der Waals surface area contributed by atoms with Gasteiger partial charge in [0.25, 0.3) is 0 Å². The number of nitriles is 1. The largest absolute Gasteiger partial charge is 0.438 e. The first kappa shape index (κ1) is 22.2. The minimum absolute atomic E-state index is 0.411. The van der Waals surface area contributed by atoms with Crippen molar-refractivity contribution in [1.82, 2.24) is 9.78 Å². The molecule has 1 aromatic heterocycles. The fourth-order valence-electron chi connectivity index (χ4n) is 3.44. The van der Waals surface area contributed by atoms with E-state index in [-0.39, 0.29) is 0 Å². The van der Waals surface area contributed by atoms with Crippen molar-refractivity contribution in [2.75, 3.05) is 24.5 Å². The second kappa shape index (κ2) is 10.5. The van der Waals surface area contributed by atoms with Gasteiger partial charge >= 0.3 is 0 Å². The number of rotatable bonds is 7. The van der Waals surface area contributed by atoms with Gasteiger partial charge in [-0.1, -0.05) is 5.57 Å². The van der Waals surface area contributed by atoms with Gasteiger partial charge in [0.1, 0.15) is 5.75 Å². The molecule has 2 aromatic rings. The fourth-order valence-corrected chi connectivity index (χ4v) is 3.44. The first-order chi connectivity index (χ1) is 15.0. The average Bonchev–Trinajstić information content (AvgIpc) is 3.16. The first-order valence-corrected chi connectivity index (χ1v) is 10.5. The van der Waals surface area contributed by atoms with Gasteiger partial charge in [-0.05, 0) is 64.1 Å². The smallest absolute Gasteiger partial charge is 0.219 e. The lowest BCUT2D eigenvalue weighted by atomic mass is 10.1. The lowest BCUT2D eigenvalue weighted by Crippen LogP contribution is -2.29. The number of ether oxygens (including phenoxy) is 1. The molecule has 0 amide bonds. The molecule has 2 N–H and O–H groups in total. The molecule has 1 aliphatic rings. The Bertz CT molecular complexity index is 1020. The van der Waals surface area contributed by atoms with Crippen LogP contribution in [0.3, 0.4) is 0 Å². The van der Waals surface area contributed by atoms with Gasteiger partial charge in [-0.25, -0.2) is 14.7 Å². The quantitative estimate of drug-likeness (QED) is 0.543. The molecule has 8 nitrogen and oxygen atoms in total. The maximum absolute atomic E-state index is 9.36. The van der Waals surface area contributed by atoms with Crippen molar-refractivity contribution in [3.05, 3.63) is 47.2 Å². The number of aryl methyl sites for hydroxylation is 1. The standard InChI is InChI=1S/C23H29N7O/c1-17(9-10-24)16-27-23(26-2)19-8-7-18(15-25)13-20(19)31-22-14-21(28-29(22)3)30-11-5-4-6-12-30/h7-8,13-14,16H,2,4-6,9-12,24H2,1,3H3/b17-16+,27-23?. The molecule has 0 unspecified atom stereocenters. The van der Waals surface area contributed by atoms with Crippen molar-refractivity contribution in [2.45, 2.75) is 32.6 Å². The Morgan fingerprint density at radius 2 is 2.10 bits per heavy atom. The van der Waals surface area contributed by atoms with Crippen LogP contribution in [0.4, 0.5) is 5.82 Å². The van der Waals surface area contributed by atoms with Crippen molar-refractivity contribution in [1.29, 1.82) is 5.26 Å². The summed E-state index contributed by atoms with van der Waals surface area (Å²) < 4.78 is 7.91. The van der Waals surface area contributed by atoms with E-state index in [1.807, 2.05) is 20.0 Å². The molecule has 2 heterocycles. The average molecular weight is 420 g/mol. The summed E-state index contributed by atoms with van der Waals surface area (Å²) in [5.41, 5.74) is 7.77. The molecule has 8 heteroatoms. The van der Waals surface area contributed by atoms with Crippen LogP contribution >= 0.6 is 0 Å². The third kappa shape index (κ3) is 5.58. The normalized spacial score (nSPS) is 15.0. The van der Waals surface area contributed by atoms with E-state index in [2.05, 4.69) is 32.8 Å². The highest BCUT2D eigenvalue weighted by Crippen LogP contribution is 2.30. The zero-order valence-electron chi connectivity index (χ0n) is 18.2. The topological polar surface area (TPSA) is 105 Å². The summed E-state index contributed by atoms with van der Waals surface area (Å²) in [6.07, 6.45) is 6.08. The first-order valence-electron chi connectivity index (χ1n) is 10.5. The minimum atomic E-state index is 0.411. The molecule has 3 rings (SSSR count). The molecule has 162 valence electrons. The molecule has 1 saturated heterocycles. The Kier molecular flexibility index (Phi) is 7.57. The monoisotopic (exact) mass is 419 g/mol. The van der Waals surface area contributed by atoms with Crippen LogP contribution in [0.2, 0.25) is 0 Å². The molecular formula is C23H29N7O. The van der Waals surface area contributed by atoms with Crippen molar-refractivity contribution >= 4 is 18.4 Å². The number of nitrogens with two attached hydrogens (primary N) is 1. The van der Waals surface area contributed by atoms with Crippen molar-refractivity contribution in [3.8, 4) is 17.7 Å². The van der Waals surface area contributed by atoms with Crippen molar-refractivity contribution in [3.63, 3.8) is 0 Å². The number of benzene rings is 1. The van der Waals surface area contributed by atoms with Crippen LogP contribution in [0.1, 0.15) is 43.7 Å². The van der Waals surface area contributed by atoms with E-state index in [9.17, 15) is 5.26 Å². The molecule has 31 heavy (non-hydrogen) atoms. The third-order valence-corrected chi connectivity index (χ3v) is 5.17. The number of hydrogen-bond donors (Lipinski definition) is 1. The summed E-state index contributed by atoms with van der Waals surface area (Å²) in [6.45, 7) is 8.17. The zero-order chi connectivity index (χ0) is 22.2. The van der Waals surface area contributed by atoms with Crippen LogP contribution in [0.25, 0.3) is 0 Å². The second-order valence-corrected chi connectivity index (χ2v) is 7.56. The fraction of sp³-hybridized carbons (Fsp3) is 0.391. The second-order valence-electron chi connectivity index (χ2n) is 7.56. The van der Waals surface area contributed by atoms with E-state index >= 15 is 0 Å². The zero-order valence-corrected chi connectivity index (χ0v) is 18.2. The third-order valence-electron chi connectivity index (χ3n) is 5.17. The van der Waals surface area contributed by atoms with Gasteiger partial charge in [-0.3, -0.25) is 0 Å². The molecule has 1 aromatic carbocycles. The number of nitrogens with zero attached hydrogens (tertiary/aromatic N) is 6. The number of anilines is 1. The summed E-state index contributed by atoms with van der Waals surface area (Å²) in [7, 11) is 1.84. The van der Waals surface area contributed by atoms with Gasteiger partial charge in [-0.15, -0.1) is 0 Å². The van der Waals surface area contributed by atoms with E-state index in [1.54, 1.807) is 29.1 Å². The van der Waals surface area contributed by atoms with Crippen LogP contribution < -0.4 is 15.4 Å². The summed E-state index contributed by atoms with van der Waals surface area (Å²) in [6, 6.07) is 9.25. The van der Waals surface area contributed by atoms with Crippen LogP contribution in [-0.2, 0) is 7.05 Å². The highest BCUT2D eigenvalue weighted by Gasteiger charge is 2.18. The van der Waals surface area contributed by atoms with E-state index in [4.69, 9.17) is 10.5 Å². The molecule has 0 aliphatic carbocycles. The Balaban J connectivity index is 1.94. The van der Waals surface area contributed by atoms with Crippen molar-refractivity contribution in [2.24, 2.45) is 22.8 Å². The lowest BCUT2D eigenvalue weighted by molar-refractivity contribution is 0.430. The number of hydrogen-bond acceptors (Lipinski definition) is 6. The van der Waals surface area contributed by atoms with Crippen LogP contribution in [0.5, 0.6) is 11.6 Å². The van der Waals surface area contributed by atoms with Gasteiger partial charge in [0.2, 0.25) is 5.88 Å². The highest BCUT2D eigenvalue weighted by atomic mass is 16.5. The Hall–Kier alpha value is -3.44. The summed E-state index contributed by atoms with van der Waals surface area (Å²) in [5, 5.41) is 14.0. The Morgan fingerprint density at radius 1 is 1.32 bits per heavy atom. The van der Waals surface area contributed by atoms with E-state index in [0.717, 1.165) is 30.9 Å². The maximum Gasteiger partial charge on any atom is 0.219 e. The molecule has 0 bridgehead atoms. The molecule has 1 aliphatic heterocycles. The molecule has 0 atom stereocenters. The summed E-state index contributed by atoms with van der Waals surface area (Å²) >= 11 is 0. The molecule has 0 spiro atoms. The molecule has 0 radical (unpaired) electrons. The minimum Gasteiger partial charge on any atom is -0.438 e. The highest BCUT2D eigenvalue weighted by molar-refractivity contribution is 6.04. The van der Waals surface area contributed by atoms with Gasteiger partial charge in [0.15, 0.2) is 11.7 Å². The lowest BCUT2D eigenvalue weighted by Gasteiger charge is -2.26. The Labute approximate surface area is 183 Å². The summed E-state index contributed by atoms with van der Waals surface area (Å²) in [4.78, 5) is 10.8. The maximum atomic E-state index is 9.36. The van der Waals surface area contributed by atoms with Gasteiger partial charge in [0.05, 0.1) is 17.2 Å². The number of amidine groups is 1. The van der Waals surface area contributed by atoms with Gasteiger partial charge in [0, 0.05) is 32.4 Å². The number of aromatic nitrogens is 2. The Morgan fingerprint density at radius 3 is 2.77 bits per heavy atom. The van der Waals surface area contributed by atoms with Crippen LogP contribution in [0.15, 0.2) is 46.0 Å².